The molecule has 182 valence electrons. The largest absolute Gasteiger partial charge is 0.436 e. The van der Waals surface area contributed by atoms with Crippen LogP contribution in [0.3, 0.4) is 0 Å². The monoisotopic (exact) mass is 474 g/mol. The maximum Gasteiger partial charge on any atom is 0.230 e. The lowest BCUT2D eigenvalue weighted by Crippen LogP contribution is -2.45. The van der Waals surface area contributed by atoms with Gasteiger partial charge in [-0.1, -0.05) is 24.1 Å². The molecule has 0 amide bonds. The molecule has 0 unspecified atom stereocenters. The standard InChI is InChI=1S/C27H31FN6O/c1-17-12-19-6-7-22(26(28)21(19)13-17)35-25-15-24(30-23-14-20(16-29-23)18-4-3-5-18)31-27(32-25)34-10-8-33(2)9-11-34/h6-7,13-15,18H,3-5,8-12,16H2,1-2H3,(H,29,30,31,32). The van der Waals surface area contributed by atoms with Crippen molar-refractivity contribution in [3.63, 3.8) is 0 Å². The van der Waals surface area contributed by atoms with Gasteiger partial charge in [-0.25, -0.2) is 4.39 Å². The molecule has 2 fully saturated rings. The lowest BCUT2D eigenvalue weighted by molar-refractivity contribution is 0.310. The zero-order valence-electron chi connectivity index (χ0n) is 20.4. The Balaban J connectivity index is 1.29. The summed E-state index contributed by atoms with van der Waals surface area (Å²) < 4.78 is 21.3. The Labute approximate surface area is 205 Å². The van der Waals surface area contributed by atoms with Crippen molar-refractivity contribution in [1.82, 2.24) is 14.9 Å². The van der Waals surface area contributed by atoms with Crippen LogP contribution in [0.25, 0.3) is 6.08 Å². The number of aliphatic imine (C=N–C) groups is 1. The Hall–Kier alpha value is -3.26. The number of nitrogens with zero attached hydrogens (tertiary/aromatic N) is 5. The first-order valence-corrected chi connectivity index (χ1v) is 12.5. The first-order chi connectivity index (χ1) is 17.0. The number of anilines is 2. The lowest BCUT2D eigenvalue weighted by atomic mass is 9.80. The normalized spacial score (nSPS) is 20.2. The molecule has 35 heavy (non-hydrogen) atoms. The van der Waals surface area contributed by atoms with E-state index < -0.39 is 0 Å². The van der Waals surface area contributed by atoms with Gasteiger partial charge in [0.1, 0.15) is 11.7 Å². The van der Waals surface area contributed by atoms with Crippen molar-refractivity contribution in [3.8, 4) is 11.6 Å². The quantitative estimate of drug-likeness (QED) is 0.680. The van der Waals surface area contributed by atoms with Gasteiger partial charge < -0.3 is 19.9 Å². The Morgan fingerprint density at radius 2 is 1.91 bits per heavy atom. The molecular formula is C27H31FN6O. The van der Waals surface area contributed by atoms with Crippen molar-refractivity contribution in [2.45, 2.75) is 32.6 Å². The molecule has 4 aliphatic rings. The van der Waals surface area contributed by atoms with Gasteiger partial charge in [-0.05, 0) is 62.4 Å². The molecule has 2 aliphatic heterocycles. The fraction of sp³-hybridized carbons (Fsp3) is 0.444. The van der Waals surface area contributed by atoms with Crippen LogP contribution in [0.1, 0.15) is 37.3 Å². The number of hydrogen-bond acceptors (Lipinski definition) is 7. The molecule has 2 aromatic rings. The van der Waals surface area contributed by atoms with Crippen molar-refractivity contribution in [3.05, 3.63) is 52.4 Å². The summed E-state index contributed by atoms with van der Waals surface area (Å²) in [5.74, 6) is 2.81. The average molecular weight is 475 g/mol. The van der Waals surface area contributed by atoms with E-state index in [2.05, 4.69) is 38.2 Å². The third kappa shape index (κ3) is 4.55. The minimum atomic E-state index is -0.345. The Morgan fingerprint density at radius 3 is 2.69 bits per heavy atom. The SMILES string of the molecule is CC1=Cc2c(ccc(Oc3cc(NC4=NCC(C5CCC5)=C4)nc(N4CCN(C)CC4)n3)c2F)C1. The second kappa shape index (κ2) is 9.07. The van der Waals surface area contributed by atoms with Crippen molar-refractivity contribution in [1.29, 1.82) is 0 Å². The zero-order chi connectivity index (χ0) is 23.9. The Kier molecular flexibility index (Phi) is 5.76. The fourth-order valence-electron chi connectivity index (χ4n) is 5.07. The molecule has 1 saturated heterocycles. The molecule has 1 aromatic carbocycles. The molecule has 0 bridgehead atoms. The average Bonchev–Trinajstić information content (AvgIpc) is 3.41. The van der Waals surface area contributed by atoms with E-state index in [-0.39, 0.29) is 11.6 Å². The summed E-state index contributed by atoms with van der Waals surface area (Å²) in [5, 5.41) is 3.35. The highest BCUT2D eigenvalue weighted by molar-refractivity contribution is 6.05. The van der Waals surface area contributed by atoms with Crippen LogP contribution in [0.2, 0.25) is 0 Å². The molecule has 1 aromatic heterocycles. The second-order valence-electron chi connectivity index (χ2n) is 10.1. The molecule has 1 N–H and O–H groups in total. The molecule has 1 saturated carbocycles. The number of fused-ring (bicyclic) bond motifs is 1. The Bertz CT molecular complexity index is 1240. The van der Waals surface area contributed by atoms with E-state index in [1.807, 2.05) is 19.1 Å². The Morgan fingerprint density at radius 1 is 1.09 bits per heavy atom. The van der Waals surface area contributed by atoms with E-state index in [1.54, 1.807) is 12.1 Å². The van der Waals surface area contributed by atoms with Crippen molar-refractivity contribution < 1.29 is 9.13 Å². The highest BCUT2D eigenvalue weighted by atomic mass is 19.1. The minimum Gasteiger partial charge on any atom is -0.436 e. The first kappa shape index (κ1) is 22.2. The number of rotatable bonds is 5. The summed E-state index contributed by atoms with van der Waals surface area (Å²) in [6.07, 6.45) is 8.64. The molecule has 0 spiro atoms. The van der Waals surface area contributed by atoms with E-state index in [1.165, 1.54) is 24.8 Å². The predicted molar refractivity (Wildman–Crippen MR) is 137 cm³/mol. The number of likely N-dealkylation sites (N-methyl/N-ethyl adjacent to an activating group) is 1. The van der Waals surface area contributed by atoms with Gasteiger partial charge in [-0.2, -0.15) is 9.97 Å². The smallest absolute Gasteiger partial charge is 0.230 e. The topological polar surface area (TPSA) is 65.9 Å². The zero-order valence-corrected chi connectivity index (χ0v) is 20.4. The molecule has 8 heteroatoms. The van der Waals surface area contributed by atoms with E-state index in [0.29, 0.717) is 29.1 Å². The highest BCUT2D eigenvalue weighted by Gasteiger charge is 2.25. The number of piperazine rings is 1. The fourth-order valence-corrected chi connectivity index (χ4v) is 5.07. The van der Waals surface area contributed by atoms with E-state index >= 15 is 4.39 Å². The molecular weight excluding hydrogens is 443 g/mol. The van der Waals surface area contributed by atoms with Crippen LogP contribution in [0, 0.1) is 11.7 Å². The maximum atomic E-state index is 15.2. The summed E-state index contributed by atoms with van der Waals surface area (Å²) in [4.78, 5) is 18.5. The molecule has 0 atom stereocenters. The summed E-state index contributed by atoms with van der Waals surface area (Å²) in [6.45, 7) is 6.28. The molecule has 6 rings (SSSR count). The van der Waals surface area contributed by atoms with Crippen LogP contribution < -0.4 is 15.0 Å². The summed E-state index contributed by atoms with van der Waals surface area (Å²) in [6, 6.07) is 5.35. The van der Waals surface area contributed by atoms with E-state index in [4.69, 9.17) is 9.72 Å². The van der Waals surface area contributed by atoms with E-state index in [9.17, 15) is 0 Å². The number of hydrogen-bond donors (Lipinski definition) is 1. The van der Waals surface area contributed by atoms with Gasteiger partial charge in [0.15, 0.2) is 11.6 Å². The number of ether oxygens (including phenoxy) is 1. The summed E-state index contributed by atoms with van der Waals surface area (Å²) >= 11 is 0. The van der Waals surface area contributed by atoms with Crippen LogP contribution in [0.4, 0.5) is 16.2 Å². The lowest BCUT2D eigenvalue weighted by Gasteiger charge is -2.32. The van der Waals surface area contributed by atoms with Gasteiger partial charge in [0.2, 0.25) is 11.8 Å². The van der Waals surface area contributed by atoms with Crippen molar-refractivity contribution in [2.75, 3.05) is 50.0 Å². The molecule has 3 heterocycles. The van der Waals surface area contributed by atoms with Crippen molar-refractivity contribution >= 4 is 23.7 Å². The third-order valence-electron chi connectivity index (χ3n) is 7.43. The number of halogens is 1. The van der Waals surface area contributed by atoms with Crippen LogP contribution >= 0.6 is 0 Å². The number of amidine groups is 1. The van der Waals surface area contributed by atoms with Crippen LogP contribution in [-0.2, 0) is 6.42 Å². The summed E-state index contributed by atoms with van der Waals surface area (Å²) in [5.41, 5.74) is 4.14. The number of allylic oxidation sites excluding steroid dienone is 1. The second-order valence-corrected chi connectivity index (χ2v) is 10.1. The maximum absolute atomic E-state index is 15.2. The minimum absolute atomic E-state index is 0.175. The number of nitrogens with one attached hydrogen (secondary N) is 1. The third-order valence-corrected chi connectivity index (χ3v) is 7.43. The molecule has 2 aliphatic carbocycles. The first-order valence-electron chi connectivity index (χ1n) is 12.5. The van der Waals surface area contributed by atoms with Crippen molar-refractivity contribution in [2.24, 2.45) is 10.9 Å². The molecule has 0 radical (unpaired) electrons. The van der Waals surface area contributed by atoms with Gasteiger partial charge in [-0.15, -0.1) is 0 Å². The molecule has 7 nitrogen and oxygen atoms in total. The van der Waals surface area contributed by atoms with Gasteiger partial charge in [0.05, 0.1) is 6.54 Å². The number of aromatic nitrogens is 2. The van der Waals surface area contributed by atoms with Gasteiger partial charge in [0.25, 0.3) is 0 Å². The van der Waals surface area contributed by atoms with Gasteiger partial charge >= 0.3 is 0 Å². The van der Waals surface area contributed by atoms with E-state index in [0.717, 1.165) is 56.1 Å². The van der Waals surface area contributed by atoms with Gasteiger partial charge in [0, 0.05) is 37.8 Å². The summed E-state index contributed by atoms with van der Waals surface area (Å²) in [7, 11) is 2.11. The van der Waals surface area contributed by atoms with Gasteiger partial charge in [-0.3, -0.25) is 4.99 Å². The predicted octanol–water partition coefficient (Wildman–Crippen LogP) is 4.67. The van der Waals surface area contributed by atoms with Crippen LogP contribution in [0.5, 0.6) is 11.6 Å². The van der Waals surface area contributed by atoms with Crippen LogP contribution in [-0.4, -0.2) is 60.5 Å². The number of benzene rings is 1. The highest BCUT2D eigenvalue weighted by Crippen LogP contribution is 2.36. The van der Waals surface area contributed by atoms with Crippen LogP contribution in [0.15, 0.2) is 40.4 Å².